The number of aryl methyl sites for hydroxylation is 1. The summed E-state index contributed by atoms with van der Waals surface area (Å²) in [5.41, 5.74) is 3.29. The minimum absolute atomic E-state index is 1.02. The van der Waals surface area contributed by atoms with Crippen LogP contribution in [0.15, 0.2) is 18.2 Å². The number of hydrogen-bond acceptors (Lipinski definition) is 3. The van der Waals surface area contributed by atoms with E-state index in [-0.39, 0.29) is 0 Å². The van der Waals surface area contributed by atoms with Crippen LogP contribution in [-0.4, -0.2) is 21.8 Å². The smallest absolute Gasteiger partial charge is 0.422 e. The zero-order valence-electron chi connectivity index (χ0n) is 8.22. The summed E-state index contributed by atoms with van der Waals surface area (Å²) in [6.45, 7) is 2.05. The van der Waals surface area contributed by atoms with Crippen molar-refractivity contribution in [2.24, 2.45) is 0 Å². The van der Waals surface area contributed by atoms with Crippen molar-refractivity contribution < 1.29 is 4.65 Å². The van der Waals surface area contributed by atoms with Crippen LogP contribution in [0.4, 0.5) is 11.4 Å². The molecule has 0 bridgehead atoms. The van der Waals surface area contributed by atoms with E-state index in [1.54, 1.807) is 14.7 Å². The quantitative estimate of drug-likeness (QED) is 0.685. The van der Waals surface area contributed by atoms with Crippen LogP contribution < -0.4 is 10.5 Å². The molecule has 1 aromatic rings. The molecule has 0 unspecified atom stereocenters. The molecule has 1 radical (unpaired) electrons. The van der Waals surface area contributed by atoms with Gasteiger partial charge in [0.15, 0.2) is 0 Å². The molecule has 2 N–H and O–H groups in total. The maximum atomic E-state index is 4.82. The third-order valence-electron chi connectivity index (χ3n) is 1.78. The molecule has 3 nitrogen and oxygen atoms in total. The average Bonchev–Trinajstić information content (AvgIpc) is 2.15. The molecule has 0 saturated carbocycles. The van der Waals surface area contributed by atoms with Gasteiger partial charge < -0.3 is 15.2 Å². The summed E-state index contributed by atoms with van der Waals surface area (Å²) in [7, 11) is 5.06. The fraction of sp³-hybridized carbons (Fsp3) is 0.333. The topological polar surface area (TPSA) is 33.3 Å². The van der Waals surface area contributed by atoms with Gasteiger partial charge in [0.2, 0.25) is 0 Å². The standard InChI is InChI=1S/C9H14BN2O/c1-7-4-5-8(11-2)9(6-7)12-10-13-3/h4-6,11-12H,1-3H3. The molecule has 0 fully saturated rings. The second-order valence-electron chi connectivity index (χ2n) is 2.80. The molecule has 1 aromatic carbocycles. The minimum atomic E-state index is 1.02. The second-order valence-corrected chi connectivity index (χ2v) is 2.80. The third kappa shape index (κ3) is 2.66. The maximum Gasteiger partial charge on any atom is 0.436 e. The molecule has 0 saturated heterocycles. The van der Waals surface area contributed by atoms with E-state index in [4.69, 9.17) is 4.65 Å². The molecule has 13 heavy (non-hydrogen) atoms. The summed E-state index contributed by atoms with van der Waals surface area (Å²) in [5, 5.41) is 6.14. The van der Waals surface area contributed by atoms with Crippen molar-refractivity contribution >= 4 is 19.0 Å². The molecule has 0 aromatic heterocycles. The van der Waals surface area contributed by atoms with Gasteiger partial charge in [-0.2, -0.15) is 0 Å². The van der Waals surface area contributed by atoms with Gasteiger partial charge in [-0.15, -0.1) is 0 Å². The lowest BCUT2D eigenvalue weighted by Gasteiger charge is -2.10. The third-order valence-corrected chi connectivity index (χ3v) is 1.78. The van der Waals surface area contributed by atoms with E-state index in [2.05, 4.69) is 29.6 Å². The van der Waals surface area contributed by atoms with E-state index in [1.807, 2.05) is 13.1 Å². The predicted octanol–water partition coefficient (Wildman–Crippen LogP) is 1.63. The van der Waals surface area contributed by atoms with E-state index in [9.17, 15) is 0 Å². The normalized spacial score (nSPS) is 9.46. The fourth-order valence-electron chi connectivity index (χ4n) is 1.12. The number of hydrogen-bond donors (Lipinski definition) is 2. The van der Waals surface area contributed by atoms with E-state index in [1.165, 1.54) is 5.56 Å². The van der Waals surface area contributed by atoms with Crippen LogP contribution in [0.25, 0.3) is 0 Å². The maximum absolute atomic E-state index is 4.82. The van der Waals surface area contributed by atoms with Gasteiger partial charge in [-0.3, -0.25) is 0 Å². The lowest BCUT2D eigenvalue weighted by Crippen LogP contribution is -2.09. The SMILES string of the molecule is CNc1ccc(C)cc1N[B]OC. The van der Waals surface area contributed by atoms with Crippen LogP contribution >= 0.6 is 0 Å². The Bertz CT molecular complexity index is 278. The Labute approximate surface area is 79.8 Å². The minimum Gasteiger partial charge on any atom is -0.422 e. The molecular formula is C9H14BN2O. The summed E-state index contributed by atoms with van der Waals surface area (Å²) in [4.78, 5) is 0. The summed E-state index contributed by atoms with van der Waals surface area (Å²) in [6.07, 6.45) is 0. The Balaban J connectivity index is 2.81. The molecule has 0 aliphatic carbocycles. The molecular weight excluding hydrogens is 163 g/mol. The fourth-order valence-corrected chi connectivity index (χ4v) is 1.12. The first-order valence-electron chi connectivity index (χ1n) is 4.17. The van der Waals surface area contributed by atoms with Crippen LogP contribution in [-0.2, 0) is 4.65 Å². The zero-order chi connectivity index (χ0) is 9.68. The van der Waals surface area contributed by atoms with E-state index in [0.29, 0.717) is 0 Å². The Morgan fingerprint density at radius 2 is 2.08 bits per heavy atom. The summed E-state index contributed by atoms with van der Waals surface area (Å²) in [5.74, 6) is 0. The van der Waals surface area contributed by atoms with Crippen molar-refractivity contribution in [2.45, 2.75) is 6.92 Å². The number of benzene rings is 1. The molecule has 0 spiro atoms. The van der Waals surface area contributed by atoms with E-state index < -0.39 is 0 Å². The largest absolute Gasteiger partial charge is 0.436 e. The highest BCUT2D eigenvalue weighted by molar-refractivity contribution is 6.33. The molecule has 4 heteroatoms. The van der Waals surface area contributed by atoms with E-state index >= 15 is 0 Å². The Hall–Kier alpha value is -1.16. The van der Waals surface area contributed by atoms with Crippen LogP contribution in [0.2, 0.25) is 0 Å². The van der Waals surface area contributed by atoms with Gasteiger partial charge >= 0.3 is 7.62 Å². The lowest BCUT2D eigenvalue weighted by molar-refractivity contribution is 0.446. The van der Waals surface area contributed by atoms with Crippen molar-refractivity contribution in [3.8, 4) is 0 Å². The van der Waals surface area contributed by atoms with Crippen LogP contribution in [0.3, 0.4) is 0 Å². The molecule has 0 heterocycles. The molecule has 0 aliphatic rings. The highest BCUT2D eigenvalue weighted by Crippen LogP contribution is 2.21. The van der Waals surface area contributed by atoms with Crippen molar-refractivity contribution in [3.05, 3.63) is 23.8 Å². The lowest BCUT2D eigenvalue weighted by atomic mass is 10.1. The first kappa shape index (κ1) is 9.93. The summed E-state index contributed by atoms with van der Waals surface area (Å²) >= 11 is 0. The van der Waals surface area contributed by atoms with Gasteiger partial charge in [-0.25, -0.2) is 0 Å². The number of anilines is 2. The van der Waals surface area contributed by atoms with Crippen molar-refractivity contribution in [1.82, 2.24) is 0 Å². The Morgan fingerprint density at radius 3 is 2.69 bits per heavy atom. The molecule has 0 atom stereocenters. The number of nitrogens with one attached hydrogen (secondary N) is 2. The average molecular weight is 177 g/mol. The number of rotatable bonds is 4. The van der Waals surface area contributed by atoms with Gasteiger partial charge in [-0.1, -0.05) is 6.07 Å². The Kier molecular flexibility index (Phi) is 3.64. The van der Waals surface area contributed by atoms with Gasteiger partial charge in [0.1, 0.15) is 0 Å². The highest BCUT2D eigenvalue weighted by atomic mass is 16.4. The summed E-state index contributed by atoms with van der Waals surface area (Å²) < 4.78 is 4.82. The zero-order valence-corrected chi connectivity index (χ0v) is 8.22. The first-order chi connectivity index (χ1) is 6.27. The van der Waals surface area contributed by atoms with Gasteiger partial charge in [0.25, 0.3) is 0 Å². The predicted molar refractivity (Wildman–Crippen MR) is 57.1 cm³/mol. The van der Waals surface area contributed by atoms with Crippen LogP contribution in [0.5, 0.6) is 0 Å². The molecule has 69 valence electrons. The van der Waals surface area contributed by atoms with Crippen molar-refractivity contribution in [1.29, 1.82) is 0 Å². The van der Waals surface area contributed by atoms with Crippen LogP contribution in [0.1, 0.15) is 5.56 Å². The van der Waals surface area contributed by atoms with Crippen LogP contribution in [0, 0.1) is 6.92 Å². The van der Waals surface area contributed by atoms with Gasteiger partial charge in [0.05, 0.1) is 5.69 Å². The second kappa shape index (κ2) is 4.77. The summed E-state index contributed by atoms with van der Waals surface area (Å²) in [6, 6.07) is 6.15. The Morgan fingerprint density at radius 1 is 1.31 bits per heavy atom. The molecule has 0 amide bonds. The molecule has 1 rings (SSSR count). The van der Waals surface area contributed by atoms with Crippen molar-refractivity contribution in [3.63, 3.8) is 0 Å². The molecule has 0 aliphatic heterocycles. The van der Waals surface area contributed by atoms with Crippen molar-refractivity contribution in [2.75, 3.05) is 24.7 Å². The highest BCUT2D eigenvalue weighted by Gasteiger charge is 2.00. The van der Waals surface area contributed by atoms with E-state index in [0.717, 1.165) is 11.4 Å². The van der Waals surface area contributed by atoms with Gasteiger partial charge in [-0.05, 0) is 24.6 Å². The monoisotopic (exact) mass is 177 g/mol. The van der Waals surface area contributed by atoms with Gasteiger partial charge in [0, 0.05) is 19.8 Å². The first-order valence-corrected chi connectivity index (χ1v) is 4.17.